The number of sulfonamides is 1. The number of nitrogen functional groups attached to an aromatic ring is 1. The third kappa shape index (κ3) is 3.78. The van der Waals surface area contributed by atoms with E-state index in [9.17, 15) is 12.8 Å². The Morgan fingerprint density at radius 3 is 2.76 bits per heavy atom. The van der Waals surface area contributed by atoms with Gasteiger partial charge in [0.1, 0.15) is 10.7 Å². The molecule has 0 atom stereocenters. The molecule has 0 spiro atoms. The Hall–Kier alpha value is -1.51. The van der Waals surface area contributed by atoms with Crippen molar-refractivity contribution < 1.29 is 12.8 Å². The molecule has 3 N–H and O–H groups in total. The van der Waals surface area contributed by atoms with E-state index in [-0.39, 0.29) is 21.6 Å². The summed E-state index contributed by atoms with van der Waals surface area (Å²) in [4.78, 5) is 4.02. The standard InChI is InChI=1S/C13H13BrFN3O2S/c1-8-3-2-4-9(18-8)7-17-21(19,20)13-5-10(14)11(15)6-12(13)16/h2-6,17H,7,16H2,1H3. The van der Waals surface area contributed by atoms with E-state index in [1.54, 1.807) is 12.1 Å². The molecule has 21 heavy (non-hydrogen) atoms. The van der Waals surface area contributed by atoms with Crippen molar-refractivity contribution in [3.63, 3.8) is 0 Å². The highest BCUT2D eigenvalue weighted by atomic mass is 79.9. The van der Waals surface area contributed by atoms with Gasteiger partial charge in [-0.15, -0.1) is 0 Å². The molecule has 1 aromatic carbocycles. The molecule has 0 radical (unpaired) electrons. The topological polar surface area (TPSA) is 85.1 Å². The van der Waals surface area contributed by atoms with Gasteiger partial charge in [-0.05, 0) is 47.1 Å². The first-order chi connectivity index (χ1) is 9.79. The SMILES string of the molecule is Cc1cccc(CNS(=O)(=O)c2cc(Br)c(F)cc2N)n1. The Labute approximate surface area is 130 Å². The number of pyridine rings is 1. The molecule has 8 heteroatoms. The van der Waals surface area contributed by atoms with Gasteiger partial charge in [0.25, 0.3) is 0 Å². The molecule has 2 aromatic rings. The molecule has 1 aromatic heterocycles. The molecule has 2 rings (SSSR count). The summed E-state index contributed by atoms with van der Waals surface area (Å²) in [6, 6.07) is 7.40. The summed E-state index contributed by atoms with van der Waals surface area (Å²) in [7, 11) is -3.85. The van der Waals surface area contributed by atoms with E-state index in [2.05, 4.69) is 25.6 Å². The van der Waals surface area contributed by atoms with Crippen LogP contribution < -0.4 is 10.5 Å². The number of anilines is 1. The van der Waals surface area contributed by atoms with Crippen LogP contribution in [0.5, 0.6) is 0 Å². The Bertz CT molecular complexity index is 781. The van der Waals surface area contributed by atoms with E-state index in [1.165, 1.54) is 0 Å². The van der Waals surface area contributed by atoms with Gasteiger partial charge < -0.3 is 5.73 Å². The third-order valence-electron chi connectivity index (χ3n) is 2.73. The third-order valence-corrected chi connectivity index (χ3v) is 4.80. The normalized spacial score (nSPS) is 11.6. The molecule has 112 valence electrons. The van der Waals surface area contributed by atoms with E-state index >= 15 is 0 Å². The summed E-state index contributed by atoms with van der Waals surface area (Å²) in [5.74, 6) is -0.619. The number of nitrogens with zero attached hydrogens (tertiary/aromatic N) is 1. The van der Waals surface area contributed by atoms with Crippen LogP contribution >= 0.6 is 15.9 Å². The van der Waals surface area contributed by atoms with Gasteiger partial charge in [-0.2, -0.15) is 0 Å². The highest BCUT2D eigenvalue weighted by Crippen LogP contribution is 2.26. The Morgan fingerprint density at radius 1 is 1.38 bits per heavy atom. The second-order valence-electron chi connectivity index (χ2n) is 4.40. The van der Waals surface area contributed by atoms with Gasteiger partial charge >= 0.3 is 0 Å². The van der Waals surface area contributed by atoms with Crippen molar-refractivity contribution in [3.8, 4) is 0 Å². The predicted molar refractivity (Wildman–Crippen MR) is 81.5 cm³/mol. The van der Waals surface area contributed by atoms with Gasteiger partial charge in [0.2, 0.25) is 10.0 Å². The van der Waals surface area contributed by atoms with Gasteiger partial charge in [-0.25, -0.2) is 17.5 Å². The zero-order valence-corrected chi connectivity index (χ0v) is 13.5. The number of aryl methyl sites for hydroxylation is 1. The van der Waals surface area contributed by atoms with Crippen molar-refractivity contribution in [2.45, 2.75) is 18.4 Å². The van der Waals surface area contributed by atoms with Crippen LogP contribution in [0.15, 0.2) is 39.7 Å². The monoisotopic (exact) mass is 373 g/mol. The summed E-state index contributed by atoms with van der Waals surface area (Å²) in [6.07, 6.45) is 0. The van der Waals surface area contributed by atoms with Crippen molar-refractivity contribution in [2.75, 3.05) is 5.73 Å². The lowest BCUT2D eigenvalue weighted by atomic mass is 10.3. The Morgan fingerprint density at radius 2 is 2.10 bits per heavy atom. The summed E-state index contributed by atoms with van der Waals surface area (Å²) in [6.45, 7) is 1.84. The maximum absolute atomic E-state index is 13.3. The largest absolute Gasteiger partial charge is 0.398 e. The fourth-order valence-corrected chi connectivity index (χ4v) is 3.35. The van der Waals surface area contributed by atoms with Crippen LogP contribution in [0.25, 0.3) is 0 Å². The highest BCUT2D eigenvalue weighted by Gasteiger charge is 2.19. The van der Waals surface area contributed by atoms with Crippen LogP contribution in [0.2, 0.25) is 0 Å². The van der Waals surface area contributed by atoms with Gasteiger partial charge in [0.05, 0.1) is 22.4 Å². The quantitative estimate of drug-likeness (QED) is 0.805. The van der Waals surface area contributed by atoms with E-state index in [4.69, 9.17) is 5.73 Å². The van der Waals surface area contributed by atoms with Crippen LogP contribution in [0.1, 0.15) is 11.4 Å². The van der Waals surface area contributed by atoms with Crippen molar-refractivity contribution >= 4 is 31.6 Å². The predicted octanol–water partition coefficient (Wildman–Crippen LogP) is 2.35. The molecule has 0 aliphatic rings. The fourth-order valence-electron chi connectivity index (χ4n) is 1.72. The lowest BCUT2D eigenvalue weighted by molar-refractivity contribution is 0.579. The number of hydrogen-bond donors (Lipinski definition) is 2. The first-order valence-corrected chi connectivity index (χ1v) is 8.24. The van der Waals surface area contributed by atoms with E-state index < -0.39 is 15.8 Å². The number of nitrogens with one attached hydrogen (secondary N) is 1. The molecular formula is C13H13BrFN3O2S. The summed E-state index contributed by atoms with van der Waals surface area (Å²) >= 11 is 2.94. The van der Waals surface area contributed by atoms with Crippen molar-refractivity contribution in [3.05, 3.63) is 52.0 Å². The van der Waals surface area contributed by atoms with E-state index in [0.29, 0.717) is 5.69 Å². The number of benzene rings is 1. The van der Waals surface area contributed by atoms with E-state index in [0.717, 1.165) is 17.8 Å². The molecule has 0 amide bonds. The Balaban J connectivity index is 2.25. The van der Waals surface area contributed by atoms with Crippen molar-refractivity contribution in [2.24, 2.45) is 0 Å². The van der Waals surface area contributed by atoms with Crippen LogP contribution in [0.4, 0.5) is 10.1 Å². The van der Waals surface area contributed by atoms with E-state index in [1.807, 2.05) is 13.0 Å². The number of halogens is 2. The molecule has 1 heterocycles. The maximum atomic E-state index is 13.3. The van der Waals surface area contributed by atoms with Crippen LogP contribution in [0, 0.1) is 12.7 Å². The molecule has 0 saturated carbocycles. The highest BCUT2D eigenvalue weighted by molar-refractivity contribution is 9.10. The summed E-state index contributed by atoms with van der Waals surface area (Å²) < 4.78 is 40.1. The molecule has 0 unspecified atom stereocenters. The molecule has 0 aliphatic heterocycles. The summed E-state index contributed by atoms with van der Waals surface area (Å²) in [5, 5.41) is 0. The van der Waals surface area contributed by atoms with Crippen LogP contribution in [-0.4, -0.2) is 13.4 Å². The zero-order chi connectivity index (χ0) is 15.6. The fraction of sp³-hybridized carbons (Fsp3) is 0.154. The first kappa shape index (κ1) is 15.9. The van der Waals surface area contributed by atoms with Crippen LogP contribution in [-0.2, 0) is 16.6 Å². The first-order valence-electron chi connectivity index (χ1n) is 5.96. The Kier molecular flexibility index (Phi) is 4.60. The number of rotatable bonds is 4. The van der Waals surface area contributed by atoms with Crippen molar-refractivity contribution in [1.82, 2.24) is 9.71 Å². The lowest BCUT2D eigenvalue weighted by Gasteiger charge is -2.10. The molecule has 5 nitrogen and oxygen atoms in total. The molecule has 0 fully saturated rings. The van der Waals surface area contributed by atoms with Gasteiger partial charge in [-0.1, -0.05) is 6.07 Å². The molecular weight excluding hydrogens is 361 g/mol. The minimum absolute atomic E-state index is 0.0262. The molecule has 0 aliphatic carbocycles. The average molecular weight is 374 g/mol. The lowest BCUT2D eigenvalue weighted by Crippen LogP contribution is -2.24. The van der Waals surface area contributed by atoms with Crippen LogP contribution in [0.3, 0.4) is 0 Å². The molecule has 0 bridgehead atoms. The minimum Gasteiger partial charge on any atom is -0.398 e. The number of aromatic nitrogens is 1. The van der Waals surface area contributed by atoms with Gasteiger partial charge in [-0.3, -0.25) is 4.98 Å². The van der Waals surface area contributed by atoms with Crippen molar-refractivity contribution in [1.29, 1.82) is 0 Å². The number of nitrogens with two attached hydrogens (primary N) is 1. The second kappa shape index (κ2) is 6.08. The second-order valence-corrected chi connectivity index (χ2v) is 6.99. The summed E-state index contributed by atoms with van der Waals surface area (Å²) in [5.41, 5.74) is 6.79. The molecule has 0 saturated heterocycles. The smallest absolute Gasteiger partial charge is 0.243 e. The van der Waals surface area contributed by atoms with Gasteiger partial charge in [0, 0.05) is 5.69 Å². The zero-order valence-electron chi connectivity index (χ0n) is 11.1. The van der Waals surface area contributed by atoms with Gasteiger partial charge in [0.15, 0.2) is 0 Å². The minimum atomic E-state index is -3.85. The maximum Gasteiger partial charge on any atom is 0.243 e. The number of hydrogen-bond acceptors (Lipinski definition) is 4. The average Bonchev–Trinajstić information content (AvgIpc) is 2.41.